The van der Waals surface area contributed by atoms with Crippen LogP contribution < -0.4 is 5.73 Å². The van der Waals surface area contributed by atoms with Crippen LogP contribution in [0.15, 0.2) is 0 Å². The number of rotatable bonds is 9. The van der Waals surface area contributed by atoms with Gasteiger partial charge in [-0.05, 0) is 12.8 Å². The molecule has 1 aliphatic heterocycles. The highest BCUT2D eigenvalue weighted by atomic mass is 32.2. The van der Waals surface area contributed by atoms with E-state index in [0.717, 1.165) is 25.9 Å². The Morgan fingerprint density at radius 3 is 2.40 bits per heavy atom. The van der Waals surface area contributed by atoms with Crippen LogP contribution in [-0.4, -0.2) is 75.9 Å². The maximum atomic E-state index is 12.2. The van der Waals surface area contributed by atoms with E-state index in [-0.39, 0.29) is 5.75 Å². The molecule has 1 rings (SSSR count). The molecule has 0 radical (unpaired) electrons. The summed E-state index contributed by atoms with van der Waals surface area (Å²) in [6.07, 6.45) is 2.74. The summed E-state index contributed by atoms with van der Waals surface area (Å²) in [6.45, 7) is 6.01. The van der Waals surface area contributed by atoms with E-state index in [1.54, 1.807) is 11.4 Å². The Morgan fingerprint density at radius 1 is 1.25 bits per heavy atom. The molecule has 1 fully saturated rings. The third-order valence-corrected chi connectivity index (χ3v) is 5.78. The van der Waals surface area contributed by atoms with E-state index in [1.807, 2.05) is 0 Å². The maximum Gasteiger partial charge on any atom is 0.214 e. The van der Waals surface area contributed by atoms with E-state index < -0.39 is 10.0 Å². The Hall–Kier alpha value is -0.210. The smallest absolute Gasteiger partial charge is 0.214 e. The van der Waals surface area contributed by atoms with Crippen LogP contribution in [0.1, 0.15) is 26.2 Å². The monoisotopic (exact) mass is 307 g/mol. The number of sulfonamides is 1. The van der Waals surface area contributed by atoms with E-state index in [4.69, 9.17) is 10.5 Å². The summed E-state index contributed by atoms with van der Waals surface area (Å²) in [5, 5.41) is 0. The van der Waals surface area contributed by atoms with Crippen molar-refractivity contribution in [3.05, 3.63) is 0 Å². The van der Waals surface area contributed by atoms with Gasteiger partial charge in [-0.1, -0.05) is 13.3 Å². The largest absolute Gasteiger partial charge is 0.385 e. The van der Waals surface area contributed by atoms with Gasteiger partial charge in [0.1, 0.15) is 0 Å². The van der Waals surface area contributed by atoms with Crippen LogP contribution in [0.2, 0.25) is 0 Å². The predicted molar refractivity (Wildman–Crippen MR) is 81.2 cm³/mol. The van der Waals surface area contributed by atoms with E-state index in [1.165, 1.54) is 0 Å². The van der Waals surface area contributed by atoms with E-state index in [2.05, 4.69) is 11.8 Å². The minimum Gasteiger partial charge on any atom is -0.385 e. The number of ether oxygens (including phenoxy) is 1. The molecule has 7 heteroatoms. The highest BCUT2D eigenvalue weighted by Gasteiger charge is 2.28. The molecule has 0 aromatic rings. The number of nitrogens with two attached hydrogens (primary N) is 1. The van der Waals surface area contributed by atoms with Gasteiger partial charge in [-0.15, -0.1) is 0 Å². The Kier molecular flexibility index (Phi) is 7.98. The lowest BCUT2D eigenvalue weighted by Crippen LogP contribution is -2.53. The van der Waals surface area contributed by atoms with Gasteiger partial charge in [-0.2, -0.15) is 4.31 Å². The normalized spacial score (nSPS) is 20.1. The third-order valence-electron chi connectivity index (χ3n) is 3.83. The summed E-state index contributed by atoms with van der Waals surface area (Å²) in [7, 11) is -1.54. The van der Waals surface area contributed by atoms with Gasteiger partial charge in [0, 0.05) is 52.5 Å². The van der Waals surface area contributed by atoms with Crippen LogP contribution >= 0.6 is 0 Å². The average molecular weight is 307 g/mol. The molecule has 6 nitrogen and oxygen atoms in total. The van der Waals surface area contributed by atoms with Crippen molar-refractivity contribution < 1.29 is 13.2 Å². The van der Waals surface area contributed by atoms with Crippen molar-refractivity contribution in [3.63, 3.8) is 0 Å². The van der Waals surface area contributed by atoms with Crippen molar-refractivity contribution in [2.24, 2.45) is 5.73 Å². The van der Waals surface area contributed by atoms with Crippen molar-refractivity contribution in [1.29, 1.82) is 0 Å². The zero-order valence-electron chi connectivity index (χ0n) is 12.8. The van der Waals surface area contributed by atoms with Gasteiger partial charge < -0.3 is 10.5 Å². The molecule has 20 heavy (non-hydrogen) atoms. The Bertz CT molecular complexity index is 354. The first-order valence-corrected chi connectivity index (χ1v) is 9.07. The van der Waals surface area contributed by atoms with Gasteiger partial charge in [0.25, 0.3) is 0 Å². The summed E-state index contributed by atoms with van der Waals surface area (Å²) >= 11 is 0. The highest BCUT2D eigenvalue weighted by Crippen LogP contribution is 2.13. The molecule has 120 valence electrons. The second-order valence-corrected chi connectivity index (χ2v) is 7.36. The summed E-state index contributed by atoms with van der Waals surface area (Å²) in [5.41, 5.74) is 5.80. The Labute approximate surface area is 123 Å². The van der Waals surface area contributed by atoms with Crippen LogP contribution in [0.3, 0.4) is 0 Å². The third kappa shape index (κ3) is 5.29. The first-order valence-electron chi connectivity index (χ1n) is 7.46. The summed E-state index contributed by atoms with van der Waals surface area (Å²) in [5.74, 6) is 0.177. The number of hydrogen-bond donors (Lipinski definition) is 1. The summed E-state index contributed by atoms with van der Waals surface area (Å²) in [6, 6.07) is 0.387. The fourth-order valence-corrected chi connectivity index (χ4v) is 4.10. The molecule has 1 unspecified atom stereocenters. The molecule has 0 aliphatic carbocycles. The molecule has 1 aliphatic rings. The van der Waals surface area contributed by atoms with E-state index in [0.29, 0.717) is 38.7 Å². The first-order chi connectivity index (χ1) is 9.55. The molecule has 0 bridgehead atoms. The van der Waals surface area contributed by atoms with Crippen LogP contribution in [0, 0.1) is 0 Å². The minimum atomic E-state index is -3.13. The van der Waals surface area contributed by atoms with Crippen LogP contribution in [-0.2, 0) is 14.8 Å². The average Bonchev–Trinajstić information content (AvgIpc) is 2.45. The van der Waals surface area contributed by atoms with Gasteiger partial charge in [-0.25, -0.2) is 8.42 Å². The van der Waals surface area contributed by atoms with Crippen LogP contribution in [0.5, 0.6) is 0 Å². The second kappa shape index (κ2) is 8.94. The molecular formula is C13H29N3O3S. The molecule has 0 saturated carbocycles. The molecule has 0 spiro atoms. The number of hydrogen-bond acceptors (Lipinski definition) is 5. The van der Waals surface area contributed by atoms with Crippen molar-refractivity contribution in [2.75, 3.05) is 52.2 Å². The lowest BCUT2D eigenvalue weighted by molar-refractivity contribution is 0.133. The predicted octanol–water partition coefficient (Wildman–Crippen LogP) is 0.0977. The quantitative estimate of drug-likeness (QED) is 0.611. The van der Waals surface area contributed by atoms with Gasteiger partial charge >= 0.3 is 0 Å². The van der Waals surface area contributed by atoms with Crippen molar-refractivity contribution in [2.45, 2.75) is 32.2 Å². The topological polar surface area (TPSA) is 75.9 Å². The number of piperazine rings is 1. The molecule has 0 amide bonds. The lowest BCUT2D eigenvalue weighted by atomic mass is 10.1. The van der Waals surface area contributed by atoms with Gasteiger partial charge in [0.15, 0.2) is 0 Å². The maximum absolute atomic E-state index is 12.2. The lowest BCUT2D eigenvalue weighted by Gasteiger charge is -2.38. The molecule has 0 aromatic carbocycles. The van der Waals surface area contributed by atoms with Gasteiger partial charge in [-0.3, -0.25) is 4.90 Å². The molecule has 1 atom stereocenters. The van der Waals surface area contributed by atoms with Gasteiger partial charge in [0.2, 0.25) is 10.0 Å². The zero-order chi connectivity index (χ0) is 15.0. The zero-order valence-corrected chi connectivity index (χ0v) is 13.6. The summed E-state index contributed by atoms with van der Waals surface area (Å²) in [4.78, 5) is 2.32. The summed E-state index contributed by atoms with van der Waals surface area (Å²) < 4.78 is 30.8. The number of methoxy groups -OCH3 is 1. The van der Waals surface area contributed by atoms with Crippen molar-refractivity contribution in [3.8, 4) is 0 Å². The standard InChI is InChI=1S/C13H29N3O3S/c1-3-5-13(12-14)15-6-8-16(9-7-15)20(17,18)11-4-10-19-2/h13H,3-12,14H2,1-2H3. The van der Waals surface area contributed by atoms with Crippen LogP contribution in [0.4, 0.5) is 0 Å². The fraction of sp³-hybridized carbons (Fsp3) is 1.00. The van der Waals surface area contributed by atoms with E-state index >= 15 is 0 Å². The molecule has 2 N–H and O–H groups in total. The second-order valence-electron chi connectivity index (χ2n) is 5.28. The van der Waals surface area contributed by atoms with E-state index in [9.17, 15) is 8.42 Å². The molecule has 1 saturated heterocycles. The van der Waals surface area contributed by atoms with Crippen molar-refractivity contribution in [1.82, 2.24) is 9.21 Å². The Morgan fingerprint density at radius 2 is 1.90 bits per heavy atom. The highest BCUT2D eigenvalue weighted by molar-refractivity contribution is 7.89. The SMILES string of the molecule is CCCC(CN)N1CCN(S(=O)(=O)CCCOC)CC1. The number of nitrogens with zero attached hydrogens (tertiary/aromatic N) is 2. The minimum absolute atomic E-state index is 0.177. The van der Waals surface area contributed by atoms with Gasteiger partial charge in [0.05, 0.1) is 5.75 Å². The molecule has 0 aromatic heterocycles. The molecular weight excluding hydrogens is 278 g/mol. The van der Waals surface area contributed by atoms with Crippen LogP contribution in [0.25, 0.3) is 0 Å². The molecule has 1 heterocycles. The van der Waals surface area contributed by atoms with Crippen molar-refractivity contribution >= 4 is 10.0 Å². The fourth-order valence-electron chi connectivity index (χ4n) is 2.64. The Balaban J connectivity index is 2.44. The first kappa shape index (κ1) is 17.8.